The van der Waals surface area contributed by atoms with Gasteiger partial charge in [0, 0.05) is 13.1 Å². The van der Waals surface area contributed by atoms with E-state index in [2.05, 4.69) is 5.32 Å². The van der Waals surface area contributed by atoms with Crippen molar-refractivity contribution >= 4 is 34.9 Å². The van der Waals surface area contributed by atoms with Gasteiger partial charge in [-0.3, -0.25) is 19.3 Å². The van der Waals surface area contributed by atoms with Crippen molar-refractivity contribution in [1.29, 1.82) is 0 Å². The van der Waals surface area contributed by atoms with E-state index in [9.17, 15) is 14.4 Å². The smallest absolute Gasteiger partial charge is 0.293 e. The van der Waals surface area contributed by atoms with Crippen molar-refractivity contribution in [3.05, 3.63) is 70.1 Å². The molecule has 1 aliphatic rings. The average molecular weight is 410 g/mol. The molecule has 1 N–H and O–H groups in total. The van der Waals surface area contributed by atoms with Gasteiger partial charge in [0.05, 0.1) is 4.91 Å². The first kappa shape index (κ1) is 20.7. The number of rotatable bonds is 7. The van der Waals surface area contributed by atoms with E-state index >= 15 is 0 Å². The number of carbonyl (C=O) groups is 3. The number of carbonyl (C=O) groups excluding carboxylic acids is 3. The van der Waals surface area contributed by atoms with Crippen LogP contribution in [0.1, 0.15) is 16.7 Å². The Kier molecular flexibility index (Phi) is 6.72. The summed E-state index contributed by atoms with van der Waals surface area (Å²) >= 11 is 0.907. The molecule has 1 heterocycles. The van der Waals surface area contributed by atoms with Crippen molar-refractivity contribution in [2.75, 3.05) is 19.7 Å². The molecule has 0 atom stereocenters. The quantitative estimate of drug-likeness (QED) is 0.707. The minimum atomic E-state index is -0.343. The molecule has 0 unspecified atom stereocenters. The summed E-state index contributed by atoms with van der Waals surface area (Å²) in [6, 6.07) is 15.0. The lowest BCUT2D eigenvalue weighted by Crippen LogP contribution is -2.38. The van der Waals surface area contributed by atoms with Crippen molar-refractivity contribution < 1.29 is 19.1 Å². The molecule has 0 aromatic heterocycles. The molecule has 7 heteroatoms. The summed E-state index contributed by atoms with van der Waals surface area (Å²) in [5.74, 6) is 0.0135. The Hall–Kier alpha value is -3.06. The molecule has 0 bridgehead atoms. The van der Waals surface area contributed by atoms with Crippen molar-refractivity contribution in [3.8, 4) is 5.75 Å². The van der Waals surface area contributed by atoms with Gasteiger partial charge in [0.25, 0.3) is 17.1 Å². The minimum absolute atomic E-state index is 0.117. The zero-order chi connectivity index (χ0) is 20.8. The van der Waals surface area contributed by atoms with Crippen LogP contribution in [0.25, 0.3) is 6.08 Å². The highest BCUT2D eigenvalue weighted by molar-refractivity contribution is 8.18. The molecule has 3 amide bonds. The fourth-order valence-electron chi connectivity index (χ4n) is 2.78. The van der Waals surface area contributed by atoms with Gasteiger partial charge in [-0.05, 0) is 54.4 Å². The molecular weight excluding hydrogens is 388 g/mol. The highest BCUT2D eigenvalue weighted by Crippen LogP contribution is 2.31. The van der Waals surface area contributed by atoms with Gasteiger partial charge in [-0.2, -0.15) is 0 Å². The van der Waals surface area contributed by atoms with Crippen LogP contribution in [0.2, 0.25) is 0 Å². The molecule has 29 heavy (non-hydrogen) atoms. The minimum Gasteiger partial charge on any atom is -0.483 e. The monoisotopic (exact) mass is 410 g/mol. The summed E-state index contributed by atoms with van der Waals surface area (Å²) in [4.78, 5) is 38.1. The molecule has 1 saturated heterocycles. The highest BCUT2D eigenvalue weighted by Gasteiger charge is 2.34. The topological polar surface area (TPSA) is 75.7 Å². The van der Waals surface area contributed by atoms with E-state index in [1.165, 1.54) is 0 Å². The molecule has 1 fully saturated rings. The number of hydrogen-bond donors (Lipinski definition) is 1. The van der Waals surface area contributed by atoms with Crippen LogP contribution in [-0.2, 0) is 9.59 Å². The highest BCUT2D eigenvalue weighted by atomic mass is 32.2. The Morgan fingerprint density at radius 1 is 1.10 bits per heavy atom. The molecule has 3 rings (SSSR count). The van der Waals surface area contributed by atoms with E-state index in [1.807, 2.05) is 62.4 Å². The molecule has 2 aromatic carbocycles. The Morgan fingerprint density at radius 2 is 1.86 bits per heavy atom. The third kappa shape index (κ3) is 5.26. The molecule has 0 radical (unpaired) electrons. The van der Waals surface area contributed by atoms with Gasteiger partial charge < -0.3 is 10.1 Å². The number of hydrogen-bond acceptors (Lipinski definition) is 5. The van der Waals surface area contributed by atoms with Crippen LogP contribution in [0.3, 0.4) is 0 Å². The van der Waals surface area contributed by atoms with E-state index in [4.69, 9.17) is 4.74 Å². The number of ether oxygens (including phenoxy) is 1. The summed E-state index contributed by atoms with van der Waals surface area (Å²) in [7, 11) is 0. The van der Waals surface area contributed by atoms with Crippen LogP contribution in [-0.4, -0.2) is 41.6 Å². The second-order valence-corrected chi connectivity index (χ2v) is 7.57. The number of thioether (sulfide) groups is 1. The fraction of sp³-hybridized carbons (Fsp3) is 0.227. The molecule has 1 aliphatic heterocycles. The number of benzene rings is 2. The summed E-state index contributed by atoms with van der Waals surface area (Å²) in [6.45, 7) is 4.08. The molecule has 0 spiro atoms. The van der Waals surface area contributed by atoms with Crippen molar-refractivity contribution in [2.45, 2.75) is 13.8 Å². The normalized spacial score (nSPS) is 15.1. The van der Waals surface area contributed by atoms with Gasteiger partial charge in [-0.25, -0.2) is 0 Å². The standard InChI is InChI=1S/C22H22N2O4S/c1-15-7-6-10-18(16(15)2)28-14-20(25)23-11-12-24-21(26)19(29-22(24)27)13-17-8-4-3-5-9-17/h3-10,13H,11-12,14H2,1-2H3,(H,23,25)/b19-13-. The lowest BCUT2D eigenvalue weighted by atomic mass is 10.1. The molecule has 6 nitrogen and oxygen atoms in total. The maximum atomic E-state index is 12.5. The van der Waals surface area contributed by atoms with Crippen LogP contribution in [0.4, 0.5) is 4.79 Å². The van der Waals surface area contributed by atoms with E-state index in [0.717, 1.165) is 33.4 Å². The fourth-order valence-corrected chi connectivity index (χ4v) is 3.64. The van der Waals surface area contributed by atoms with Gasteiger partial charge in [0.15, 0.2) is 6.61 Å². The van der Waals surface area contributed by atoms with Gasteiger partial charge >= 0.3 is 0 Å². The van der Waals surface area contributed by atoms with Gasteiger partial charge in [0.1, 0.15) is 5.75 Å². The van der Waals surface area contributed by atoms with E-state index in [-0.39, 0.29) is 36.7 Å². The SMILES string of the molecule is Cc1cccc(OCC(=O)NCCN2C(=O)S/C(=C\c3ccccc3)C2=O)c1C. The van der Waals surface area contributed by atoms with E-state index in [0.29, 0.717) is 10.7 Å². The summed E-state index contributed by atoms with van der Waals surface area (Å²) in [5, 5.41) is 2.35. The van der Waals surface area contributed by atoms with Gasteiger partial charge in [-0.15, -0.1) is 0 Å². The van der Waals surface area contributed by atoms with Gasteiger partial charge in [-0.1, -0.05) is 42.5 Å². The third-order valence-corrected chi connectivity index (χ3v) is 5.45. The number of imide groups is 1. The maximum Gasteiger partial charge on any atom is 0.293 e. The van der Waals surface area contributed by atoms with Crippen molar-refractivity contribution in [3.63, 3.8) is 0 Å². The summed E-state index contributed by atoms with van der Waals surface area (Å²) < 4.78 is 5.55. The van der Waals surface area contributed by atoms with E-state index < -0.39 is 0 Å². The van der Waals surface area contributed by atoms with Crippen LogP contribution < -0.4 is 10.1 Å². The maximum absolute atomic E-state index is 12.5. The Bertz CT molecular complexity index is 957. The summed E-state index contributed by atoms with van der Waals surface area (Å²) in [6.07, 6.45) is 1.70. The molecule has 0 saturated carbocycles. The first-order valence-electron chi connectivity index (χ1n) is 9.22. The van der Waals surface area contributed by atoms with E-state index in [1.54, 1.807) is 6.08 Å². The third-order valence-electron chi connectivity index (χ3n) is 4.54. The van der Waals surface area contributed by atoms with Gasteiger partial charge in [0.2, 0.25) is 0 Å². The molecule has 2 aromatic rings. The second kappa shape index (κ2) is 9.43. The first-order valence-corrected chi connectivity index (χ1v) is 10.0. The predicted octanol–water partition coefficient (Wildman–Crippen LogP) is 3.53. The average Bonchev–Trinajstić information content (AvgIpc) is 2.97. The lowest BCUT2D eigenvalue weighted by molar-refractivity contribution is -0.125. The predicted molar refractivity (Wildman–Crippen MR) is 114 cm³/mol. The second-order valence-electron chi connectivity index (χ2n) is 6.58. The number of amides is 3. The molecule has 150 valence electrons. The number of aryl methyl sites for hydroxylation is 1. The van der Waals surface area contributed by atoms with Crippen LogP contribution in [0.15, 0.2) is 53.4 Å². The Morgan fingerprint density at radius 3 is 2.62 bits per heavy atom. The summed E-state index contributed by atoms with van der Waals surface area (Å²) in [5.41, 5.74) is 2.93. The lowest BCUT2D eigenvalue weighted by Gasteiger charge is -2.14. The van der Waals surface area contributed by atoms with Crippen molar-refractivity contribution in [2.24, 2.45) is 0 Å². The number of nitrogens with zero attached hydrogens (tertiary/aromatic N) is 1. The Labute approximate surface area is 173 Å². The Balaban J connectivity index is 1.48. The van der Waals surface area contributed by atoms with Crippen molar-refractivity contribution in [1.82, 2.24) is 10.2 Å². The zero-order valence-electron chi connectivity index (χ0n) is 16.3. The first-order chi connectivity index (χ1) is 14.0. The van der Waals surface area contributed by atoms with Crippen LogP contribution >= 0.6 is 11.8 Å². The molecule has 0 aliphatic carbocycles. The zero-order valence-corrected chi connectivity index (χ0v) is 17.1. The van der Waals surface area contributed by atoms with Crippen LogP contribution in [0, 0.1) is 13.8 Å². The van der Waals surface area contributed by atoms with Crippen LogP contribution in [0.5, 0.6) is 5.75 Å². The molecular formula is C22H22N2O4S. The number of nitrogens with one attached hydrogen (secondary N) is 1. The largest absolute Gasteiger partial charge is 0.483 e.